The van der Waals surface area contributed by atoms with Crippen LogP contribution in [0.4, 0.5) is 0 Å². The van der Waals surface area contributed by atoms with Crippen molar-refractivity contribution in [3.05, 3.63) is 12.2 Å². The topological polar surface area (TPSA) is 95.5 Å². The molecule has 30 heavy (non-hydrogen) atoms. The lowest BCUT2D eigenvalue weighted by atomic mass is 9.77. The molecule has 7 heteroatoms. The van der Waals surface area contributed by atoms with Gasteiger partial charge in [0.2, 0.25) is 11.8 Å². The Kier molecular flexibility index (Phi) is 10.8. The van der Waals surface area contributed by atoms with E-state index in [9.17, 15) is 14.4 Å². The van der Waals surface area contributed by atoms with Gasteiger partial charge in [-0.15, -0.1) is 0 Å². The van der Waals surface area contributed by atoms with Crippen molar-refractivity contribution in [3.63, 3.8) is 0 Å². The summed E-state index contributed by atoms with van der Waals surface area (Å²) in [6, 6.07) is -0.502. The molecule has 0 radical (unpaired) electrons. The summed E-state index contributed by atoms with van der Waals surface area (Å²) < 4.78 is 0. The van der Waals surface area contributed by atoms with Crippen LogP contribution in [0.2, 0.25) is 0 Å². The van der Waals surface area contributed by atoms with Crippen LogP contribution in [0.25, 0.3) is 0 Å². The van der Waals surface area contributed by atoms with Crippen LogP contribution in [0.3, 0.4) is 0 Å². The predicted molar refractivity (Wildman–Crippen MR) is 121 cm³/mol. The standard InChI is InChI=1S/C23H38N2O4S/c1-3-4-7-11-21(26)25-16(2)23(29)24-15-18-17(19-13-14-20(18)30-19)10-8-5-6-9-12-22(27)28/h5,8,16-20H,3-4,6-7,9-15H2,1-2H3,(H,24,29)(H,25,26)(H,27,28)/t16?,17-,18+,19-,20+/m1/s1. The second kappa shape index (κ2) is 13.0. The van der Waals surface area contributed by atoms with Gasteiger partial charge >= 0.3 is 5.97 Å². The van der Waals surface area contributed by atoms with Gasteiger partial charge in [0.25, 0.3) is 0 Å². The van der Waals surface area contributed by atoms with Crippen LogP contribution in [0.15, 0.2) is 12.2 Å². The molecule has 1 unspecified atom stereocenters. The molecule has 0 aromatic heterocycles. The smallest absolute Gasteiger partial charge is 0.303 e. The van der Waals surface area contributed by atoms with Gasteiger partial charge in [0.1, 0.15) is 6.04 Å². The van der Waals surface area contributed by atoms with Crippen molar-refractivity contribution in [1.29, 1.82) is 0 Å². The first kappa shape index (κ1) is 24.8. The number of carbonyl (C=O) groups excluding carboxylic acids is 2. The van der Waals surface area contributed by atoms with Crippen LogP contribution in [0.1, 0.15) is 78.1 Å². The summed E-state index contributed by atoms with van der Waals surface area (Å²) in [4.78, 5) is 35.0. The number of carboxylic acids is 1. The Bertz CT molecular complexity index is 610. The van der Waals surface area contributed by atoms with E-state index < -0.39 is 12.0 Å². The molecular weight excluding hydrogens is 400 g/mol. The maximum atomic E-state index is 12.5. The van der Waals surface area contributed by atoms with E-state index in [1.807, 2.05) is 0 Å². The van der Waals surface area contributed by atoms with Crippen molar-refractivity contribution in [2.24, 2.45) is 11.8 Å². The number of carbonyl (C=O) groups is 3. The molecule has 170 valence electrons. The zero-order chi connectivity index (χ0) is 21.9. The number of rotatable bonds is 14. The Labute approximate surface area is 185 Å². The molecule has 0 saturated carbocycles. The minimum Gasteiger partial charge on any atom is -0.481 e. The van der Waals surface area contributed by atoms with Crippen molar-refractivity contribution >= 4 is 29.5 Å². The van der Waals surface area contributed by atoms with Crippen LogP contribution in [0.5, 0.6) is 0 Å². The average Bonchev–Trinajstić information content (AvgIpc) is 3.30. The van der Waals surface area contributed by atoms with Gasteiger partial charge in [0.05, 0.1) is 0 Å². The van der Waals surface area contributed by atoms with Gasteiger partial charge < -0.3 is 15.7 Å². The number of hydrogen-bond acceptors (Lipinski definition) is 4. The zero-order valence-electron chi connectivity index (χ0n) is 18.4. The lowest BCUT2D eigenvalue weighted by molar-refractivity contribution is -0.137. The Morgan fingerprint density at radius 3 is 2.50 bits per heavy atom. The van der Waals surface area contributed by atoms with Crippen molar-refractivity contribution < 1.29 is 19.5 Å². The molecule has 0 aromatic rings. The molecule has 2 fully saturated rings. The van der Waals surface area contributed by atoms with Gasteiger partial charge in [-0.25, -0.2) is 0 Å². The van der Waals surface area contributed by atoms with Crippen LogP contribution < -0.4 is 10.6 Å². The molecule has 2 saturated heterocycles. The van der Waals surface area contributed by atoms with E-state index in [-0.39, 0.29) is 18.2 Å². The number of carboxylic acid groups (broad SMARTS) is 1. The number of nitrogens with one attached hydrogen (secondary N) is 2. The third-order valence-electron chi connectivity index (χ3n) is 6.22. The van der Waals surface area contributed by atoms with Crippen LogP contribution >= 0.6 is 11.8 Å². The van der Waals surface area contributed by atoms with Crippen LogP contribution in [-0.4, -0.2) is 46.0 Å². The first-order valence-corrected chi connectivity index (χ1v) is 12.5. The Balaban J connectivity index is 1.74. The molecular formula is C23H38N2O4S. The molecule has 2 rings (SSSR count). The Morgan fingerprint density at radius 2 is 1.80 bits per heavy atom. The largest absolute Gasteiger partial charge is 0.481 e. The molecule has 6 nitrogen and oxygen atoms in total. The molecule has 0 spiro atoms. The van der Waals surface area contributed by atoms with Gasteiger partial charge in [0.15, 0.2) is 0 Å². The van der Waals surface area contributed by atoms with E-state index in [0.717, 1.165) is 32.1 Å². The monoisotopic (exact) mass is 438 g/mol. The summed E-state index contributed by atoms with van der Waals surface area (Å²) in [5, 5.41) is 15.9. The number of unbranched alkanes of at least 4 members (excludes halogenated alkanes) is 3. The second-order valence-corrected chi connectivity index (χ2v) is 10.1. The van der Waals surface area contributed by atoms with E-state index in [0.29, 0.717) is 41.7 Å². The first-order valence-electron chi connectivity index (χ1n) is 11.5. The molecule has 5 atom stereocenters. The van der Waals surface area contributed by atoms with Crippen LogP contribution in [0, 0.1) is 11.8 Å². The lowest BCUT2D eigenvalue weighted by Gasteiger charge is -2.29. The average molecular weight is 439 g/mol. The maximum Gasteiger partial charge on any atom is 0.303 e. The molecule has 2 amide bonds. The minimum atomic E-state index is -0.741. The number of thioether (sulfide) groups is 1. The van der Waals surface area contributed by atoms with Gasteiger partial charge in [-0.2, -0.15) is 11.8 Å². The lowest BCUT2D eigenvalue weighted by Crippen LogP contribution is -2.47. The second-order valence-electron chi connectivity index (χ2n) is 8.60. The highest BCUT2D eigenvalue weighted by molar-refractivity contribution is 8.01. The molecule has 2 aliphatic heterocycles. The van der Waals surface area contributed by atoms with Crippen molar-refractivity contribution in [3.8, 4) is 0 Å². The molecule has 2 heterocycles. The predicted octanol–water partition coefficient (Wildman–Crippen LogP) is 3.90. The first-order chi connectivity index (χ1) is 14.4. The maximum absolute atomic E-state index is 12.5. The summed E-state index contributed by atoms with van der Waals surface area (Å²) in [7, 11) is 0. The van der Waals surface area contributed by atoms with E-state index in [1.165, 1.54) is 12.8 Å². The van der Waals surface area contributed by atoms with E-state index >= 15 is 0 Å². The van der Waals surface area contributed by atoms with E-state index in [2.05, 4.69) is 41.5 Å². The summed E-state index contributed by atoms with van der Waals surface area (Å²) in [5.41, 5.74) is 0. The molecule has 2 bridgehead atoms. The molecule has 3 N–H and O–H groups in total. The highest BCUT2D eigenvalue weighted by atomic mass is 32.2. The SMILES string of the molecule is CCCCCC(=O)NC(C)C(=O)NC[C@H]1[C@@H](CC=CCCCC(=O)O)[C@H]2CC[C@@H]1S2. The molecule has 0 aliphatic carbocycles. The van der Waals surface area contributed by atoms with Crippen molar-refractivity contribution in [1.82, 2.24) is 10.6 Å². The number of fused-ring (bicyclic) bond motifs is 2. The highest BCUT2D eigenvalue weighted by Crippen LogP contribution is 2.54. The fourth-order valence-corrected chi connectivity index (χ4v) is 6.52. The van der Waals surface area contributed by atoms with Gasteiger partial charge in [-0.05, 0) is 57.3 Å². The Hall–Kier alpha value is -1.50. The minimum absolute atomic E-state index is 0.0486. The molecule has 2 aliphatic rings. The normalized spacial score (nSPS) is 26.1. The van der Waals surface area contributed by atoms with Crippen LogP contribution in [-0.2, 0) is 14.4 Å². The number of amides is 2. The highest BCUT2D eigenvalue weighted by Gasteiger charge is 2.47. The van der Waals surface area contributed by atoms with Crippen molar-refractivity contribution in [2.75, 3.05) is 6.54 Å². The van der Waals surface area contributed by atoms with E-state index in [4.69, 9.17) is 5.11 Å². The summed E-state index contributed by atoms with van der Waals surface area (Å²) in [6.45, 7) is 4.52. The number of hydrogen-bond donors (Lipinski definition) is 3. The summed E-state index contributed by atoms with van der Waals surface area (Å²) in [5.74, 6) is 0.134. The quantitative estimate of drug-likeness (QED) is 0.282. The third kappa shape index (κ3) is 7.97. The van der Waals surface area contributed by atoms with Gasteiger partial charge in [0, 0.05) is 29.9 Å². The van der Waals surface area contributed by atoms with Gasteiger partial charge in [-0.3, -0.25) is 14.4 Å². The van der Waals surface area contributed by atoms with Gasteiger partial charge in [-0.1, -0.05) is 31.9 Å². The number of aliphatic carboxylic acids is 1. The third-order valence-corrected chi connectivity index (χ3v) is 8.09. The summed E-state index contributed by atoms with van der Waals surface area (Å²) >= 11 is 2.07. The Morgan fingerprint density at radius 1 is 1.07 bits per heavy atom. The molecule has 0 aromatic carbocycles. The number of allylic oxidation sites excluding steroid dienone is 2. The summed E-state index contributed by atoms with van der Waals surface area (Å²) in [6.07, 6.45) is 12.9. The zero-order valence-corrected chi connectivity index (χ0v) is 19.2. The van der Waals surface area contributed by atoms with E-state index in [1.54, 1.807) is 6.92 Å². The van der Waals surface area contributed by atoms with Crippen molar-refractivity contribution in [2.45, 2.75) is 94.6 Å². The fourth-order valence-electron chi connectivity index (χ4n) is 4.51. The fraction of sp³-hybridized carbons (Fsp3) is 0.783.